The second-order valence-electron chi connectivity index (χ2n) is 8.90. The van der Waals surface area contributed by atoms with Crippen molar-refractivity contribution < 1.29 is 9.53 Å². The topological polar surface area (TPSA) is 105 Å². The predicted molar refractivity (Wildman–Crippen MR) is 134 cm³/mol. The molecule has 1 amide bonds. The maximum Gasteiger partial charge on any atom is 0.408 e. The van der Waals surface area contributed by atoms with Gasteiger partial charge >= 0.3 is 6.09 Å². The SMILES string of the molecule is CCc1nc2n(n1)CC(NC(=NC)NCC(CC)(CC)NC(=O)OC(C)(C)C)CC2.I. The Balaban J connectivity index is 0.00000480. The molecule has 0 aliphatic carbocycles. The number of aryl methyl sites for hydroxylation is 2. The van der Waals surface area contributed by atoms with Gasteiger partial charge in [0.15, 0.2) is 11.8 Å². The van der Waals surface area contributed by atoms with Crippen molar-refractivity contribution in [3.8, 4) is 0 Å². The molecule has 0 saturated carbocycles. The molecular formula is C21H40IN7O2. The Bertz CT molecular complexity index is 739. The molecule has 9 nitrogen and oxygen atoms in total. The molecule has 0 saturated heterocycles. The number of aliphatic imine (C=N–C) groups is 1. The van der Waals surface area contributed by atoms with Gasteiger partial charge in [-0.3, -0.25) is 4.99 Å². The van der Waals surface area contributed by atoms with E-state index in [-0.39, 0.29) is 30.0 Å². The minimum absolute atomic E-state index is 0. The molecule has 0 aromatic carbocycles. The molecule has 1 aliphatic rings. The lowest BCUT2D eigenvalue weighted by atomic mass is 9.93. The predicted octanol–water partition coefficient (Wildman–Crippen LogP) is 3.02. The third-order valence-corrected chi connectivity index (χ3v) is 5.50. The number of nitrogens with zero attached hydrogens (tertiary/aromatic N) is 4. The molecule has 1 aliphatic heterocycles. The maximum atomic E-state index is 12.3. The normalized spacial score (nSPS) is 16.7. The molecule has 178 valence electrons. The van der Waals surface area contributed by atoms with Gasteiger partial charge in [0.1, 0.15) is 11.4 Å². The second kappa shape index (κ2) is 11.9. The number of rotatable bonds is 7. The zero-order valence-corrected chi connectivity index (χ0v) is 22.4. The van der Waals surface area contributed by atoms with Gasteiger partial charge in [0.05, 0.1) is 12.1 Å². The van der Waals surface area contributed by atoms with Gasteiger partial charge in [0, 0.05) is 32.5 Å². The number of halogens is 1. The molecule has 0 fully saturated rings. The molecule has 1 aromatic rings. The summed E-state index contributed by atoms with van der Waals surface area (Å²) in [5.74, 6) is 2.68. The number of carbonyl (C=O) groups is 1. The van der Waals surface area contributed by atoms with E-state index in [1.807, 2.05) is 25.5 Å². The smallest absolute Gasteiger partial charge is 0.408 e. The molecule has 2 rings (SSSR count). The van der Waals surface area contributed by atoms with E-state index >= 15 is 0 Å². The summed E-state index contributed by atoms with van der Waals surface area (Å²) >= 11 is 0. The molecule has 3 N–H and O–H groups in total. The molecule has 0 radical (unpaired) electrons. The Morgan fingerprint density at radius 1 is 1.26 bits per heavy atom. The van der Waals surface area contributed by atoms with Crippen LogP contribution >= 0.6 is 24.0 Å². The number of guanidine groups is 1. The van der Waals surface area contributed by atoms with E-state index in [0.29, 0.717) is 6.54 Å². The van der Waals surface area contributed by atoms with Crippen LogP contribution in [0.15, 0.2) is 4.99 Å². The first kappa shape index (κ1) is 27.4. The molecule has 0 spiro atoms. The van der Waals surface area contributed by atoms with Gasteiger partial charge in [-0.2, -0.15) is 5.10 Å². The maximum absolute atomic E-state index is 12.3. The summed E-state index contributed by atoms with van der Waals surface area (Å²) in [6.07, 6.45) is 3.88. The number of nitrogens with one attached hydrogen (secondary N) is 3. The summed E-state index contributed by atoms with van der Waals surface area (Å²) in [7, 11) is 1.76. The lowest BCUT2D eigenvalue weighted by molar-refractivity contribution is 0.0448. The standard InChI is InChI=1S/C21H39N7O2.HI/c1-8-16-25-17-12-11-15(13-28(17)27-16)24-18(22-7)23-14-21(9-2,10-3)26-19(29)30-20(4,5)6;/h15H,8-14H2,1-7H3,(H,26,29)(H2,22,23,24);1H. The fourth-order valence-corrected chi connectivity index (χ4v) is 3.51. The van der Waals surface area contributed by atoms with E-state index < -0.39 is 17.2 Å². The first-order valence-corrected chi connectivity index (χ1v) is 11.0. The van der Waals surface area contributed by atoms with Crippen LogP contribution in [-0.4, -0.2) is 57.6 Å². The number of amides is 1. The lowest BCUT2D eigenvalue weighted by Crippen LogP contribution is -2.58. The minimum atomic E-state index is -0.527. The van der Waals surface area contributed by atoms with Crippen molar-refractivity contribution in [2.75, 3.05) is 13.6 Å². The van der Waals surface area contributed by atoms with E-state index in [4.69, 9.17) is 4.74 Å². The van der Waals surface area contributed by atoms with Gasteiger partial charge in [0.2, 0.25) is 0 Å². The molecule has 1 aromatic heterocycles. The quantitative estimate of drug-likeness (QED) is 0.275. The van der Waals surface area contributed by atoms with Crippen molar-refractivity contribution in [3.05, 3.63) is 11.6 Å². The van der Waals surface area contributed by atoms with Crippen molar-refractivity contribution in [1.29, 1.82) is 0 Å². The van der Waals surface area contributed by atoms with Crippen molar-refractivity contribution >= 4 is 36.0 Å². The number of alkyl carbamates (subject to hydrolysis) is 1. The van der Waals surface area contributed by atoms with Gasteiger partial charge < -0.3 is 20.7 Å². The van der Waals surface area contributed by atoms with Crippen LogP contribution in [0.2, 0.25) is 0 Å². The summed E-state index contributed by atoms with van der Waals surface area (Å²) in [5, 5.41) is 14.5. The van der Waals surface area contributed by atoms with Crippen LogP contribution in [0.25, 0.3) is 0 Å². The van der Waals surface area contributed by atoms with Crippen LogP contribution in [0.4, 0.5) is 4.79 Å². The Morgan fingerprint density at radius 3 is 2.48 bits per heavy atom. The van der Waals surface area contributed by atoms with Gasteiger partial charge in [-0.1, -0.05) is 20.8 Å². The average Bonchev–Trinajstić information content (AvgIpc) is 3.11. The van der Waals surface area contributed by atoms with Crippen molar-refractivity contribution in [2.24, 2.45) is 4.99 Å². The number of hydrogen-bond acceptors (Lipinski definition) is 5. The van der Waals surface area contributed by atoms with Crippen LogP contribution in [0.5, 0.6) is 0 Å². The fraction of sp³-hybridized carbons (Fsp3) is 0.810. The second-order valence-corrected chi connectivity index (χ2v) is 8.90. The van der Waals surface area contributed by atoms with Gasteiger partial charge in [-0.15, -0.1) is 24.0 Å². The van der Waals surface area contributed by atoms with Gasteiger partial charge in [-0.25, -0.2) is 14.5 Å². The van der Waals surface area contributed by atoms with Crippen molar-refractivity contribution in [3.63, 3.8) is 0 Å². The Hall–Kier alpha value is -1.59. The fourth-order valence-electron chi connectivity index (χ4n) is 3.51. The monoisotopic (exact) mass is 549 g/mol. The highest BCUT2D eigenvalue weighted by Crippen LogP contribution is 2.17. The number of fused-ring (bicyclic) bond motifs is 1. The summed E-state index contributed by atoms with van der Waals surface area (Å²) in [6.45, 7) is 13.1. The van der Waals surface area contributed by atoms with E-state index in [2.05, 4.69) is 51.8 Å². The lowest BCUT2D eigenvalue weighted by Gasteiger charge is -2.35. The summed E-state index contributed by atoms with van der Waals surface area (Å²) in [6, 6.07) is 0.228. The van der Waals surface area contributed by atoms with Crippen LogP contribution in [0.3, 0.4) is 0 Å². The number of aromatic nitrogens is 3. The molecule has 31 heavy (non-hydrogen) atoms. The van der Waals surface area contributed by atoms with Crippen LogP contribution in [0.1, 0.15) is 72.5 Å². The van der Waals surface area contributed by atoms with Crippen molar-refractivity contribution in [1.82, 2.24) is 30.7 Å². The highest BCUT2D eigenvalue weighted by atomic mass is 127. The Labute approximate surface area is 203 Å². The number of ether oxygens (including phenoxy) is 1. The Morgan fingerprint density at radius 2 is 1.94 bits per heavy atom. The third-order valence-electron chi connectivity index (χ3n) is 5.50. The first-order valence-electron chi connectivity index (χ1n) is 11.0. The van der Waals surface area contributed by atoms with E-state index in [1.165, 1.54) is 0 Å². The Kier molecular flexibility index (Phi) is 10.5. The molecule has 1 unspecified atom stereocenters. The van der Waals surface area contributed by atoms with Gasteiger partial charge in [0.25, 0.3) is 0 Å². The largest absolute Gasteiger partial charge is 0.444 e. The highest BCUT2D eigenvalue weighted by Gasteiger charge is 2.31. The highest BCUT2D eigenvalue weighted by molar-refractivity contribution is 14.0. The minimum Gasteiger partial charge on any atom is -0.444 e. The molecule has 2 heterocycles. The molecule has 10 heteroatoms. The van der Waals surface area contributed by atoms with Crippen LogP contribution in [-0.2, 0) is 24.1 Å². The zero-order valence-electron chi connectivity index (χ0n) is 20.0. The average molecular weight is 550 g/mol. The number of carbonyl (C=O) groups excluding carboxylic acids is 1. The van der Waals surface area contributed by atoms with Gasteiger partial charge in [-0.05, 0) is 40.0 Å². The number of hydrogen-bond donors (Lipinski definition) is 3. The van der Waals surface area contributed by atoms with Crippen molar-refractivity contribution in [2.45, 2.75) is 97.4 Å². The van der Waals surface area contributed by atoms with Crippen LogP contribution < -0.4 is 16.0 Å². The summed E-state index contributed by atoms with van der Waals surface area (Å²) in [5.41, 5.74) is -0.942. The van der Waals surface area contributed by atoms with E-state index in [1.54, 1.807) is 7.05 Å². The van der Waals surface area contributed by atoms with E-state index in [0.717, 1.165) is 56.3 Å². The first-order chi connectivity index (χ1) is 14.1. The third kappa shape index (κ3) is 8.12. The molecule has 1 atom stereocenters. The van der Waals surface area contributed by atoms with Crippen LogP contribution in [0, 0.1) is 0 Å². The molecular weight excluding hydrogens is 509 g/mol. The zero-order chi connectivity index (χ0) is 22.4. The summed E-state index contributed by atoms with van der Waals surface area (Å²) < 4.78 is 7.46. The van der Waals surface area contributed by atoms with E-state index in [9.17, 15) is 4.79 Å². The molecule has 0 bridgehead atoms. The summed E-state index contributed by atoms with van der Waals surface area (Å²) in [4.78, 5) is 21.3.